The number of benzene rings is 1. The van der Waals surface area contributed by atoms with Crippen LogP contribution in [0.15, 0.2) is 24.3 Å². The summed E-state index contributed by atoms with van der Waals surface area (Å²) in [4.78, 5) is 28.6. The summed E-state index contributed by atoms with van der Waals surface area (Å²) in [5, 5.41) is 12.5. The second-order valence-corrected chi connectivity index (χ2v) is 6.27. The predicted octanol–water partition coefficient (Wildman–Crippen LogP) is 2.26. The number of nitrogens with zero attached hydrogens (tertiary/aromatic N) is 2. The molecule has 6 heteroatoms. The van der Waals surface area contributed by atoms with Crippen LogP contribution in [0.1, 0.15) is 25.7 Å². The third-order valence-corrected chi connectivity index (χ3v) is 4.60. The molecule has 6 nitrogen and oxygen atoms in total. The first-order valence-corrected chi connectivity index (χ1v) is 8.28. The van der Waals surface area contributed by atoms with Crippen LogP contribution in [-0.4, -0.2) is 53.0 Å². The van der Waals surface area contributed by atoms with Crippen LogP contribution >= 0.6 is 0 Å². The van der Waals surface area contributed by atoms with Gasteiger partial charge >= 0.3 is 6.03 Å². The fourth-order valence-electron chi connectivity index (χ4n) is 3.29. The molecule has 2 aliphatic rings. The lowest BCUT2D eigenvalue weighted by Gasteiger charge is -2.34. The van der Waals surface area contributed by atoms with Gasteiger partial charge in [-0.3, -0.25) is 4.79 Å². The number of likely N-dealkylation sites (tertiary alicyclic amines) is 2. The first kappa shape index (κ1) is 15.6. The number of anilines is 1. The maximum absolute atomic E-state index is 12.5. The molecule has 2 N–H and O–H groups in total. The summed E-state index contributed by atoms with van der Waals surface area (Å²) in [6, 6.07) is 6.74. The first-order valence-electron chi connectivity index (χ1n) is 8.28. The molecule has 0 saturated carbocycles. The molecule has 2 saturated heterocycles. The van der Waals surface area contributed by atoms with Gasteiger partial charge in [-0.1, -0.05) is 12.1 Å². The molecule has 0 bridgehead atoms. The molecular weight excluding hydrogens is 294 g/mol. The maximum Gasteiger partial charge on any atom is 0.320 e. The Balaban J connectivity index is 1.60. The molecule has 2 aliphatic heterocycles. The Hall–Kier alpha value is -2.24. The SMILES string of the molecule is O=C(Nc1ccccc1O)C1CCCN(C(=O)N2CCCC2)C1. The van der Waals surface area contributed by atoms with Crippen molar-refractivity contribution in [2.75, 3.05) is 31.5 Å². The van der Waals surface area contributed by atoms with Crippen LogP contribution in [0.2, 0.25) is 0 Å². The topological polar surface area (TPSA) is 72.9 Å². The summed E-state index contributed by atoms with van der Waals surface area (Å²) in [5.74, 6) is -0.304. The third kappa shape index (κ3) is 3.57. The second-order valence-electron chi connectivity index (χ2n) is 6.27. The Morgan fingerprint density at radius 2 is 1.74 bits per heavy atom. The standard InChI is InChI=1S/C17H23N3O3/c21-15-8-2-1-7-14(15)18-16(22)13-6-5-11-20(12-13)17(23)19-9-3-4-10-19/h1-2,7-8,13,21H,3-6,9-12H2,(H,18,22). The van der Waals surface area contributed by atoms with Crippen molar-refractivity contribution < 1.29 is 14.7 Å². The van der Waals surface area contributed by atoms with Crippen LogP contribution in [0.5, 0.6) is 5.75 Å². The summed E-state index contributed by atoms with van der Waals surface area (Å²) >= 11 is 0. The average Bonchev–Trinajstić information content (AvgIpc) is 3.11. The van der Waals surface area contributed by atoms with E-state index in [1.54, 1.807) is 29.2 Å². The van der Waals surface area contributed by atoms with Crippen molar-refractivity contribution in [2.24, 2.45) is 5.92 Å². The van der Waals surface area contributed by atoms with E-state index in [1.807, 2.05) is 4.90 Å². The summed E-state index contributed by atoms with van der Waals surface area (Å²) in [5.41, 5.74) is 0.417. The molecule has 1 aromatic carbocycles. The van der Waals surface area contributed by atoms with Gasteiger partial charge < -0.3 is 20.2 Å². The van der Waals surface area contributed by atoms with Crippen molar-refractivity contribution in [3.8, 4) is 5.75 Å². The number of hydrogen-bond acceptors (Lipinski definition) is 3. The second kappa shape index (κ2) is 6.89. The molecule has 23 heavy (non-hydrogen) atoms. The van der Waals surface area contributed by atoms with E-state index in [1.165, 1.54) is 0 Å². The maximum atomic E-state index is 12.5. The largest absolute Gasteiger partial charge is 0.506 e. The zero-order valence-electron chi connectivity index (χ0n) is 13.2. The number of carbonyl (C=O) groups excluding carboxylic acids is 2. The monoisotopic (exact) mass is 317 g/mol. The minimum absolute atomic E-state index is 0.0571. The van der Waals surface area contributed by atoms with E-state index in [0.717, 1.165) is 45.3 Å². The Morgan fingerprint density at radius 3 is 2.48 bits per heavy atom. The number of hydrogen-bond donors (Lipinski definition) is 2. The molecule has 2 fully saturated rings. The number of para-hydroxylation sites is 2. The van der Waals surface area contributed by atoms with Crippen molar-refractivity contribution in [3.05, 3.63) is 24.3 Å². The van der Waals surface area contributed by atoms with E-state index in [0.29, 0.717) is 12.2 Å². The number of nitrogens with one attached hydrogen (secondary N) is 1. The van der Waals surface area contributed by atoms with E-state index in [2.05, 4.69) is 5.32 Å². The molecule has 0 spiro atoms. The van der Waals surface area contributed by atoms with Gasteiger partial charge in [-0.15, -0.1) is 0 Å². The lowest BCUT2D eigenvalue weighted by molar-refractivity contribution is -0.121. The van der Waals surface area contributed by atoms with Gasteiger partial charge in [0, 0.05) is 26.2 Å². The van der Waals surface area contributed by atoms with Crippen LogP contribution in [0.25, 0.3) is 0 Å². The van der Waals surface area contributed by atoms with Crippen LogP contribution in [0, 0.1) is 5.92 Å². The molecule has 0 aliphatic carbocycles. The third-order valence-electron chi connectivity index (χ3n) is 4.60. The van der Waals surface area contributed by atoms with Gasteiger partial charge in [0.25, 0.3) is 0 Å². The summed E-state index contributed by atoms with van der Waals surface area (Å²) < 4.78 is 0. The minimum Gasteiger partial charge on any atom is -0.506 e. The van der Waals surface area contributed by atoms with E-state index in [4.69, 9.17) is 0 Å². The van der Waals surface area contributed by atoms with E-state index in [9.17, 15) is 14.7 Å². The van der Waals surface area contributed by atoms with Gasteiger partial charge in [0.05, 0.1) is 11.6 Å². The van der Waals surface area contributed by atoms with Crippen LogP contribution in [0.3, 0.4) is 0 Å². The van der Waals surface area contributed by atoms with Gasteiger partial charge in [-0.05, 0) is 37.8 Å². The number of phenols is 1. The highest BCUT2D eigenvalue weighted by atomic mass is 16.3. The lowest BCUT2D eigenvalue weighted by Crippen LogP contribution is -2.48. The number of amides is 3. The molecule has 2 heterocycles. The van der Waals surface area contributed by atoms with Crippen molar-refractivity contribution in [1.29, 1.82) is 0 Å². The van der Waals surface area contributed by atoms with E-state index in [-0.39, 0.29) is 23.6 Å². The average molecular weight is 317 g/mol. The lowest BCUT2D eigenvalue weighted by atomic mass is 9.97. The van der Waals surface area contributed by atoms with Crippen LogP contribution < -0.4 is 5.32 Å². The first-order chi connectivity index (χ1) is 11.1. The molecule has 0 aromatic heterocycles. The van der Waals surface area contributed by atoms with E-state index < -0.39 is 0 Å². The molecule has 1 unspecified atom stereocenters. The fourth-order valence-corrected chi connectivity index (χ4v) is 3.29. The quantitative estimate of drug-likeness (QED) is 0.822. The zero-order chi connectivity index (χ0) is 16.2. The number of phenolic OH excluding ortho intramolecular Hbond substituents is 1. The van der Waals surface area contributed by atoms with Gasteiger partial charge in [-0.2, -0.15) is 0 Å². The Bertz CT molecular complexity index is 584. The highest BCUT2D eigenvalue weighted by molar-refractivity contribution is 5.94. The van der Waals surface area contributed by atoms with Gasteiger partial charge in [0.1, 0.15) is 5.75 Å². The Kier molecular flexibility index (Phi) is 4.69. The van der Waals surface area contributed by atoms with Crippen molar-refractivity contribution in [1.82, 2.24) is 9.80 Å². The predicted molar refractivity (Wildman–Crippen MR) is 87.2 cm³/mol. The summed E-state index contributed by atoms with van der Waals surface area (Å²) in [6.07, 6.45) is 3.73. The van der Waals surface area contributed by atoms with E-state index >= 15 is 0 Å². The minimum atomic E-state index is -0.227. The van der Waals surface area contributed by atoms with Crippen LogP contribution in [0.4, 0.5) is 10.5 Å². The molecule has 1 aromatic rings. The van der Waals surface area contributed by atoms with Gasteiger partial charge in [0.15, 0.2) is 0 Å². The Labute approximate surface area is 136 Å². The summed E-state index contributed by atoms with van der Waals surface area (Å²) in [7, 11) is 0. The number of piperidine rings is 1. The van der Waals surface area contributed by atoms with Crippen LogP contribution in [-0.2, 0) is 4.79 Å². The van der Waals surface area contributed by atoms with Crippen molar-refractivity contribution in [3.63, 3.8) is 0 Å². The molecular formula is C17H23N3O3. The van der Waals surface area contributed by atoms with Crippen molar-refractivity contribution >= 4 is 17.6 Å². The summed E-state index contributed by atoms with van der Waals surface area (Å²) in [6.45, 7) is 2.82. The van der Waals surface area contributed by atoms with Gasteiger partial charge in [-0.25, -0.2) is 4.79 Å². The fraction of sp³-hybridized carbons (Fsp3) is 0.529. The normalized spacial score (nSPS) is 21.3. The highest BCUT2D eigenvalue weighted by Gasteiger charge is 2.31. The highest BCUT2D eigenvalue weighted by Crippen LogP contribution is 2.25. The smallest absolute Gasteiger partial charge is 0.320 e. The number of urea groups is 1. The molecule has 124 valence electrons. The number of carbonyl (C=O) groups is 2. The Morgan fingerprint density at radius 1 is 1.04 bits per heavy atom. The zero-order valence-corrected chi connectivity index (χ0v) is 13.2. The number of rotatable bonds is 2. The molecule has 0 radical (unpaired) electrons. The molecule has 3 rings (SSSR count). The van der Waals surface area contributed by atoms with Crippen molar-refractivity contribution in [2.45, 2.75) is 25.7 Å². The van der Waals surface area contributed by atoms with Gasteiger partial charge in [0.2, 0.25) is 5.91 Å². The molecule has 3 amide bonds. The number of aromatic hydroxyl groups is 1. The molecule has 1 atom stereocenters.